The first-order valence-electron chi connectivity index (χ1n) is 8.30. The number of amides is 1. The average molecular weight is 360 g/mol. The van der Waals surface area contributed by atoms with Crippen LogP contribution >= 0.6 is 11.8 Å². The molecule has 2 heterocycles. The molecule has 1 aromatic rings. The van der Waals surface area contributed by atoms with Crippen molar-refractivity contribution >= 4 is 34.9 Å². The Morgan fingerprint density at radius 2 is 2.20 bits per heavy atom. The van der Waals surface area contributed by atoms with E-state index in [1.807, 2.05) is 4.90 Å². The standard InChI is InChI=1S/C18H20N2O4S/c1-2-24-17(23)13-4-3-9-20(11-13)18-19-16(22)15(25-18)10-12-5-7-14(21)8-6-12/h5-8,10,13,21H,2-4,9,11H2,1H3/b15-10-. The van der Waals surface area contributed by atoms with Gasteiger partial charge in [-0.1, -0.05) is 12.1 Å². The Morgan fingerprint density at radius 3 is 2.92 bits per heavy atom. The lowest BCUT2D eigenvalue weighted by Gasteiger charge is -2.32. The van der Waals surface area contributed by atoms with Crippen LogP contribution in [0.4, 0.5) is 0 Å². The summed E-state index contributed by atoms with van der Waals surface area (Å²) in [5.74, 6) is -0.437. The van der Waals surface area contributed by atoms with Crippen LogP contribution in [0, 0.1) is 5.92 Å². The summed E-state index contributed by atoms with van der Waals surface area (Å²) in [7, 11) is 0. The number of thioether (sulfide) groups is 1. The first-order chi connectivity index (χ1) is 12.1. The van der Waals surface area contributed by atoms with Gasteiger partial charge in [0.1, 0.15) is 5.75 Å². The van der Waals surface area contributed by atoms with Gasteiger partial charge in [-0.3, -0.25) is 9.59 Å². The smallest absolute Gasteiger partial charge is 0.310 e. The van der Waals surface area contributed by atoms with Gasteiger partial charge in [-0.15, -0.1) is 0 Å². The number of carbonyl (C=O) groups is 2. The minimum absolute atomic E-state index is 0.169. The molecule has 0 radical (unpaired) electrons. The van der Waals surface area contributed by atoms with Gasteiger partial charge in [-0.2, -0.15) is 4.99 Å². The zero-order valence-electron chi connectivity index (χ0n) is 14.0. The Kier molecular flexibility index (Phi) is 5.43. The number of phenolic OH excluding ortho intramolecular Hbond substituents is 1. The van der Waals surface area contributed by atoms with Gasteiger partial charge in [0.05, 0.1) is 17.4 Å². The molecular formula is C18H20N2O4S. The van der Waals surface area contributed by atoms with Crippen LogP contribution in [-0.4, -0.2) is 46.7 Å². The van der Waals surface area contributed by atoms with Crippen molar-refractivity contribution in [3.63, 3.8) is 0 Å². The summed E-state index contributed by atoms with van der Waals surface area (Å²) in [4.78, 5) is 30.8. The first kappa shape index (κ1) is 17.5. The number of esters is 1. The molecule has 2 aliphatic rings. The Labute approximate surface area is 150 Å². The minimum Gasteiger partial charge on any atom is -0.508 e. The molecule has 0 aromatic heterocycles. The number of amidine groups is 1. The van der Waals surface area contributed by atoms with E-state index in [-0.39, 0.29) is 23.5 Å². The van der Waals surface area contributed by atoms with Gasteiger partial charge in [0, 0.05) is 13.1 Å². The third-order valence-corrected chi connectivity index (χ3v) is 5.16. The van der Waals surface area contributed by atoms with Crippen molar-refractivity contribution in [1.29, 1.82) is 0 Å². The van der Waals surface area contributed by atoms with Crippen molar-refractivity contribution in [2.24, 2.45) is 10.9 Å². The number of aromatic hydroxyl groups is 1. The topological polar surface area (TPSA) is 79.2 Å². The fourth-order valence-corrected chi connectivity index (χ4v) is 3.81. The molecule has 0 bridgehead atoms. The van der Waals surface area contributed by atoms with E-state index in [1.165, 1.54) is 11.8 Å². The molecule has 2 aliphatic heterocycles. The Bertz CT molecular complexity index is 727. The molecule has 7 heteroatoms. The van der Waals surface area contributed by atoms with E-state index in [9.17, 15) is 14.7 Å². The monoisotopic (exact) mass is 360 g/mol. The van der Waals surface area contributed by atoms with Crippen LogP contribution in [0.2, 0.25) is 0 Å². The summed E-state index contributed by atoms with van der Waals surface area (Å²) in [5, 5.41) is 9.97. The molecule has 132 valence electrons. The molecule has 1 fully saturated rings. The molecule has 1 saturated heterocycles. The fraction of sp³-hybridized carbons (Fsp3) is 0.389. The number of hydrogen-bond acceptors (Lipinski definition) is 6. The van der Waals surface area contributed by atoms with E-state index < -0.39 is 0 Å². The highest BCUT2D eigenvalue weighted by Gasteiger charge is 2.32. The van der Waals surface area contributed by atoms with Crippen molar-refractivity contribution in [2.45, 2.75) is 19.8 Å². The lowest BCUT2D eigenvalue weighted by molar-refractivity contribution is -0.149. The number of benzene rings is 1. The van der Waals surface area contributed by atoms with Crippen molar-refractivity contribution in [3.8, 4) is 5.75 Å². The summed E-state index contributed by atoms with van der Waals surface area (Å²) < 4.78 is 5.11. The molecule has 1 unspecified atom stereocenters. The number of likely N-dealkylation sites (tertiary alicyclic amines) is 1. The quantitative estimate of drug-likeness (QED) is 0.659. The van der Waals surface area contributed by atoms with Crippen molar-refractivity contribution in [3.05, 3.63) is 34.7 Å². The van der Waals surface area contributed by atoms with E-state index >= 15 is 0 Å². The fourth-order valence-electron chi connectivity index (χ4n) is 2.86. The highest BCUT2D eigenvalue weighted by molar-refractivity contribution is 8.18. The van der Waals surface area contributed by atoms with Gasteiger partial charge in [-0.05, 0) is 55.3 Å². The average Bonchev–Trinajstić information content (AvgIpc) is 2.98. The predicted octanol–water partition coefficient (Wildman–Crippen LogP) is 2.64. The summed E-state index contributed by atoms with van der Waals surface area (Å²) in [5.41, 5.74) is 0.827. The summed E-state index contributed by atoms with van der Waals surface area (Å²) in [6, 6.07) is 6.64. The molecule has 1 amide bonds. The second-order valence-corrected chi connectivity index (χ2v) is 6.95. The zero-order valence-corrected chi connectivity index (χ0v) is 14.8. The second kappa shape index (κ2) is 7.74. The first-order valence-corrected chi connectivity index (χ1v) is 9.11. The normalized spacial score (nSPS) is 22.2. The van der Waals surface area contributed by atoms with Crippen molar-refractivity contribution in [1.82, 2.24) is 4.90 Å². The van der Waals surface area contributed by atoms with Crippen LogP contribution in [0.5, 0.6) is 5.75 Å². The Morgan fingerprint density at radius 1 is 1.44 bits per heavy atom. The third kappa shape index (κ3) is 4.22. The van der Waals surface area contributed by atoms with Crippen LogP contribution in [0.1, 0.15) is 25.3 Å². The Hall–Kier alpha value is -2.28. The van der Waals surface area contributed by atoms with Crippen LogP contribution in [-0.2, 0) is 14.3 Å². The largest absolute Gasteiger partial charge is 0.508 e. The summed E-state index contributed by atoms with van der Waals surface area (Å²) >= 11 is 1.32. The number of rotatable bonds is 3. The zero-order chi connectivity index (χ0) is 17.8. The van der Waals surface area contributed by atoms with Crippen molar-refractivity contribution < 1.29 is 19.4 Å². The summed E-state index contributed by atoms with van der Waals surface area (Å²) in [6.07, 6.45) is 3.43. The van der Waals surface area contributed by atoms with Gasteiger partial charge in [0.25, 0.3) is 5.91 Å². The highest BCUT2D eigenvalue weighted by atomic mass is 32.2. The molecular weight excluding hydrogens is 340 g/mol. The lowest BCUT2D eigenvalue weighted by atomic mass is 9.99. The lowest BCUT2D eigenvalue weighted by Crippen LogP contribution is -2.41. The summed E-state index contributed by atoms with van der Waals surface area (Å²) in [6.45, 7) is 3.49. The van der Waals surface area contributed by atoms with Crippen LogP contribution in [0.25, 0.3) is 6.08 Å². The maximum absolute atomic E-state index is 12.2. The number of nitrogens with zero attached hydrogens (tertiary/aromatic N) is 2. The third-order valence-electron chi connectivity index (χ3n) is 4.11. The molecule has 0 aliphatic carbocycles. The maximum Gasteiger partial charge on any atom is 0.310 e. The molecule has 1 aromatic carbocycles. The molecule has 0 spiro atoms. The van der Waals surface area contributed by atoms with E-state index in [0.29, 0.717) is 23.2 Å². The van der Waals surface area contributed by atoms with Gasteiger partial charge < -0.3 is 14.7 Å². The number of aliphatic imine (C=N–C) groups is 1. The van der Waals surface area contributed by atoms with E-state index in [0.717, 1.165) is 24.9 Å². The van der Waals surface area contributed by atoms with Crippen LogP contribution in [0.3, 0.4) is 0 Å². The number of carbonyl (C=O) groups excluding carboxylic acids is 2. The van der Waals surface area contributed by atoms with E-state index in [1.54, 1.807) is 37.3 Å². The number of ether oxygens (including phenoxy) is 1. The Balaban J connectivity index is 1.68. The van der Waals surface area contributed by atoms with Crippen LogP contribution < -0.4 is 0 Å². The van der Waals surface area contributed by atoms with Gasteiger partial charge >= 0.3 is 5.97 Å². The molecule has 25 heavy (non-hydrogen) atoms. The molecule has 1 atom stereocenters. The van der Waals surface area contributed by atoms with Gasteiger partial charge in [0.15, 0.2) is 5.17 Å². The maximum atomic E-state index is 12.2. The van der Waals surface area contributed by atoms with E-state index in [4.69, 9.17) is 4.74 Å². The van der Waals surface area contributed by atoms with Crippen LogP contribution in [0.15, 0.2) is 34.2 Å². The SMILES string of the molecule is CCOC(=O)C1CCCN(C2=NC(=O)/C(=C/c3ccc(O)cc3)S2)C1. The minimum atomic E-state index is -0.272. The number of piperidine rings is 1. The van der Waals surface area contributed by atoms with Gasteiger partial charge in [0.2, 0.25) is 0 Å². The number of phenols is 1. The second-order valence-electron chi connectivity index (χ2n) is 5.94. The molecule has 1 N–H and O–H groups in total. The van der Waals surface area contributed by atoms with Gasteiger partial charge in [-0.25, -0.2) is 0 Å². The van der Waals surface area contributed by atoms with Crippen molar-refractivity contribution in [2.75, 3.05) is 19.7 Å². The van der Waals surface area contributed by atoms with E-state index in [2.05, 4.69) is 4.99 Å². The predicted molar refractivity (Wildman–Crippen MR) is 97.0 cm³/mol. The highest BCUT2D eigenvalue weighted by Crippen LogP contribution is 2.32. The molecule has 6 nitrogen and oxygen atoms in total. The number of hydrogen-bond donors (Lipinski definition) is 1. The molecule has 3 rings (SSSR count). The molecule has 0 saturated carbocycles.